The van der Waals surface area contributed by atoms with Crippen molar-refractivity contribution >= 4 is 11.6 Å². The zero-order chi connectivity index (χ0) is 14.0. The van der Waals surface area contributed by atoms with Gasteiger partial charge in [-0.05, 0) is 25.0 Å². The lowest BCUT2D eigenvalue weighted by Crippen LogP contribution is -2.41. The van der Waals surface area contributed by atoms with Gasteiger partial charge in [0.1, 0.15) is 5.69 Å². The van der Waals surface area contributed by atoms with E-state index < -0.39 is 23.5 Å². The molecule has 19 heavy (non-hydrogen) atoms. The zero-order valence-corrected chi connectivity index (χ0v) is 10.2. The molecule has 0 radical (unpaired) electrons. The third-order valence-electron chi connectivity index (χ3n) is 3.29. The molecule has 1 aliphatic rings. The minimum Gasteiger partial charge on any atom is -0.369 e. The number of nitriles is 1. The van der Waals surface area contributed by atoms with E-state index in [0.29, 0.717) is 19.4 Å². The molecule has 6 heteroatoms. The number of rotatable bonds is 2. The van der Waals surface area contributed by atoms with Gasteiger partial charge in [0.25, 0.3) is 0 Å². The van der Waals surface area contributed by atoms with Crippen molar-refractivity contribution in [1.29, 1.82) is 5.26 Å². The predicted octanol–water partition coefficient (Wildman–Crippen LogP) is 1.54. The van der Waals surface area contributed by atoms with Gasteiger partial charge in [-0.1, -0.05) is 0 Å². The van der Waals surface area contributed by atoms with Crippen LogP contribution in [0.2, 0.25) is 0 Å². The van der Waals surface area contributed by atoms with E-state index in [-0.39, 0.29) is 17.8 Å². The number of halogens is 2. The van der Waals surface area contributed by atoms with Crippen molar-refractivity contribution in [2.45, 2.75) is 12.8 Å². The Hall–Kier alpha value is -2.16. The monoisotopic (exact) mass is 265 g/mol. The van der Waals surface area contributed by atoms with Crippen molar-refractivity contribution < 1.29 is 13.6 Å². The van der Waals surface area contributed by atoms with E-state index in [1.54, 1.807) is 6.07 Å². The van der Waals surface area contributed by atoms with Crippen molar-refractivity contribution in [1.82, 2.24) is 0 Å². The molecule has 1 fully saturated rings. The average Bonchev–Trinajstić information content (AvgIpc) is 2.38. The molecule has 2 N–H and O–H groups in total. The average molecular weight is 265 g/mol. The predicted molar refractivity (Wildman–Crippen MR) is 65.2 cm³/mol. The largest absolute Gasteiger partial charge is 0.369 e. The van der Waals surface area contributed by atoms with Crippen molar-refractivity contribution in [3.8, 4) is 6.07 Å². The number of anilines is 1. The molecule has 0 aromatic heterocycles. The fourth-order valence-corrected chi connectivity index (χ4v) is 2.34. The maximum atomic E-state index is 13.9. The summed E-state index contributed by atoms with van der Waals surface area (Å²) >= 11 is 0. The lowest BCUT2D eigenvalue weighted by molar-refractivity contribution is -0.122. The van der Waals surface area contributed by atoms with Crippen LogP contribution in [0.25, 0.3) is 0 Å². The molecule has 1 amide bonds. The number of amides is 1. The quantitative estimate of drug-likeness (QED) is 0.881. The number of benzene rings is 1. The lowest BCUT2D eigenvalue weighted by Gasteiger charge is -2.33. The van der Waals surface area contributed by atoms with Gasteiger partial charge in [0.15, 0.2) is 11.6 Å². The molecule has 1 aliphatic heterocycles. The molecule has 1 aromatic carbocycles. The zero-order valence-electron chi connectivity index (χ0n) is 10.2. The van der Waals surface area contributed by atoms with Crippen LogP contribution < -0.4 is 10.6 Å². The van der Waals surface area contributed by atoms with Gasteiger partial charge in [0.2, 0.25) is 5.91 Å². The standard InChI is InChI=1S/C13H13F2N3O/c14-10-4-8(6-16)5-11(15)12(10)18-3-1-2-9(7-18)13(17)19/h4-5,9H,1-3,7H2,(H2,17,19). The second-order valence-corrected chi connectivity index (χ2v) is 4.59. The maximum absolute atomic E-state index is 13.9. The van der Waals surface area contributed by atoms with Crippen LogP contribution in [-0.4, -0.2) is 19.0 Å². The smallest absolute Gasteiger partial charge is 0.222 e. The molecule has 2 rings (SSSR count). The van der Waals surface area contributed by atoms with Gasteiger partial charge in [-0.3, -0.25) is 4.79 Å². The Balaban J connectivity index is 2.32. The fraction of sp³-hybridized carbons (Fsp3) is 0.385. The highest BCUT2D eigenvalue weighted by Crippen LogP contribution is 2.29. The Labute approximate surface area is 109 Å². The lowest BCUT2D eigenvalue weighted by atomic mass is 9.97. The van der Waals surface area contributed by atoms with Crippen molar-refractivity contribution in [2.75, 3.05) is 18.0 Å². The number of primary amides is 1. The molecule has 100 valence electrons. The van der Waals surface area contributed by atoms with Crippen LogP contribution in [0.4, 0.5) is 14.5 Å². The van der Waals surface area contributed by atoms with E-state index in [2.05, 4.69) is 0 Å². The van der Waals surface area contributed by atoms with Gasteiger partial charge < -0.3 is 10.6 Å². The van der Waals surface area contributed by atoms with Gasteiger partial charge in [-0.15, -0.1) is 0 Å². The summed E-state index contributed by atoms with van der Waals surface area (Å²) in [5.74, 6) is -2.44. The highest BCUT2D eigenvalue weighted by Gasteiger charge is 2.27. The molecule has 1 saturated heterocycles. The van der Waals surface area contributed by atoms with Gasteiger partial charge in [-0.25, -0.2) is 8.78 Å². The van der Waals surface area contributed by atoms with Crippen molar-refractivity contribution in [2.24, 2.45) is 11.7 Å². The summed E-state index contributed by atoms with van der Waals surface area (Å²) < 4.78 is 27.7. The van der Waals surface area contributed by atoms with E-state index in [4.69, 9.17) is 11.0 Å². The van der Waals surface area contributed by atoms with Gasteiger partial charge in [-0.2, -0.15) is 5.26 Å². The Morgan fingerprint density at radius 3 is 2.58 bits per heavy atom. The molecular formula is C13H13F2N3O. The Morgan fingerprint density at radius 1 is 1.42 bits per heavy atom. The van der Waals surface area contributed by atoms with Crippen LogP contribution >= 0.6 is 0 Å². The van der Waals surface area contributed by atoms with E-state index >= 15 is 0 Å². The minimum atomic E-state index is -0.790. The highest BCUT2D eigenvalue weighted by atomic mass is 19.1. The first kappa shape index (κ1) is 13.3. The number of nitrogens with two attached hydrogens (primary N) is 1. The molecule has 0 aliphatic carbocycles. The number of piperidine rings is 1. The third-order valence-corrected chi connectivity index (χ3v) is 3.29. The summed E-state index contributed by atoms with van der Waals surface area (Å²) in [6.45, 7) is 0.665. The van der Waals surface area contributed by atoms with Crippen LogP contribution in [0.5, 0.6) is 0 Å². The normalized spacial score (nSPS) is 19.0. The van der Waals surface area contributed by atoms with E-state index in [0.717, 1.165) is 12.1 Å². The van der Waals surface area contributed by atoms with Gasteiger partial charge >= 0.3 is 0 Å². The molecule has 1 aromatic rings. The van der Waals surface area contributed by atoms with Gasteiger partial charge in [0.05, 0.1) is 17.6 Å². The summed E-state index contributed by atoms with van der Waals surface area (Å²) in [6, 6.07) is 3.68. The number of carbonyl (C=O) groups excluding carboxylic acids is 1. The van der Waals surface area contributed by atoms with Crippen molar-refractivity contribution in [3.05, 3.63) is 29.3 Å². The SMILES string of the molecule is N#Cc1cc(F)c(N2CCCC(C(N)=O)C2)c(F)c1. The number of hydrogen-bond acceptors (Lipinski definition) is 3. The van der Waals surface area contributed by atoms with Crippen LogP contribution in [-0.2, 0) is 4.79 Å². The molecule has 1 atom stereocenters. The molecule has 0 bridgehead atoms. The Kier molecular flexibility index (Phi) is 3.65. The molecule has 1 heterocycles. The summed E-state index contributed by atoms with van der Waals surface area (Å²) in [6.07, 6.45) is 1.28. The topological polar surface area (TPSA) is 70.1 Å². The maximum Gasteiger partial charge on any atom is 0.222 e. The Bertz CT molecular complexity index is 530. The second-order valence-electron chi connectivity index (χ2n) is 4.59. The Morgan fingerprint density at radius 2 is 2.05 bits per heavy atom. The molecular weight excluding hydrogens is 252 g/mol. The van der Waals surface area contributed by atoms with Crippen molar-refractivity contribution in [3.63, 3.8) is 0 Å². The summed E-state index contributed by atoms with van der Waals surface area (Å²) in [7, 11) is 0. The third kappa shape index (κ3) is 2.65. The number of hydrogen-bond donors (Lipinski definition) is 1. The first-order valence-electron chi connectivity index (χ1n) is 5.96. The fourth-order valence-electron chi connectivity index (χ4n) is 2.34. The van der Waals surface area contributed by atoms with E-state index in [9.17, 15) is 13.6 Å². The van der Waals surface area contributed by atoms with Crippen LogP contribution in [0, 0.1) is 28.9 Å². The van der Waals surface area contributed by atoms with Crippen LogP contribution in [0.15, 0.2) is 12.1 Å². The highest BCUT2D eigenvalue weighted by molar-refractivity contribution is 5.77. The number of nitrogens with zero attached hydrogens (tertiary/aromatic N) is 2. The molecule has 0 saturated carbocycles. The first-order chi connectivity index (χ1) is 9.02. The van der Waals surface area contributed by atoms with Gasteiger partial charge in [0, 0.05) is 13.1 Å². The van der Waals surface area contributed by atoms with Crippen LogP contribution in [0.3, 0.4) is 0 Å². The van der Waals surface area contributed by atoms with E-state index in [1.165, 1.54) is 4.90 Å². The first-order valence-corrected chi connectivity index (χ1v) is 5.96. The molecule has 4 nitrogen and oxygen atoms in total. The molecule has 1 unspecified atom stereocenters. The number of carbonyl (C=O) groups is 1. The summed E-state index contributed by atoms with van der Waals surface area (Å²) in [5.41, 5.74) is 4.98. The minimum absolute atomic E-state index is 0.0674. The second kappa shape index (κ2) is 5.22. The van der Waals surface area contributed by atoms with E-state index in [1.807, 2.05) is 0 Å². The van der Waals surface area contributed by atoms with Crippen LogP contribution in [0.1, 0.15) is 18.4 Å². The summed E-state index contributed by atoms with van der Waals surface area (Å²) in [4.78, 5) is 12.6. The molecule has 0 spiro atoms. The summed E-state index contributed by atoms with van der Waals surface area (Å²) in [5, 5.41) is 8.64.